The molecule has 3 unspecified atom stereocenters. The zero-order valence-corrected chi connectivity index (χ0v) is 22.3. The van der Waals surface area contributed by atoms with E-state index >= 15 is 0 Å². The van der Waals surface area contributed by atoms with Crippen LogP contribution in [0.5, 0.6) is 5.75 Å². The molecule has 1 amide bonds. The molecule has 8 nitrogen and oxygen atoms in total. The van der Waals surface area contributed by atoms with Crippen molar-refractivity contribution in [1.82, 2.24) is 4.98 Å². The van der Waals surface area contributed by atoms with Crippen LogP contribution >= 0.6 is 19.2 Å². The highest BCUT2D eigenvalue weighted by Crippen LogP contribution is 2.62. The third kappa shape index (κ3) is 5.03. The van der Waals surface area contributed by atoms with E-state index < -0.39 is 7.82 Å². The SMILES string of the molecule is Cc1cnc(NC(=O)CCC[C@@H]2CC(=O)[C@@]3(C)CCC4c5ccc(OP(=O)(O)O)cc5CCC4C23)s1. The van der Waals surface area contributed by atoms with Crippen LogP contribution < -0.4 is 9.84 Å². The predicted molar refractivity (Wildman–Crippen MR) is 137 cm³/mol. The van der Waals surface area contributed by atoms with Crippen molar-refractivity contribution in [3.63, 3.8) is 0 Å². The van der Waals surface area contributed by atoms with Crippen molar-refractivity contribution in [2.75, 3.05) is 5.32 Å². The third-order valence-corrected chi connectivity index (χ3v) is 9.89. The molecule has 0 radical (unpaired) electrons. The number of carbonyl (C=O) groups excluding carboxylic acids is 2. The lowest BCUT2D eigenvalue weighted by molar-refractivity contribution is -0.129. The zero-order valence-electron chi connectivity index (χ0n) is 20.6. The summed E-state index contributed by atoms with van der Waals surface area (Å²) in [6, 6.07) is 5.36. The minimum Gasteiger partial charge on any atom is -0.404 e. The van der Waals surface area contributed by atoms with Gasteiger partial charge in [0.2, 0.25) is 5.91 Å². The first-order valence-electron chi connectivity index (χ1n) is 12.7. The van der Waals surface area contributed by atoms with Gasteiger partial charge in [-0.3, -0.25) is 19.4 Å². The number of hydrogen-bond acceptors (Lipinski definition) is 6. The van der Waals surface area contributed by atoms with Crippen molar-refractivity contribution in [2.24, 2.45) is 23.2 Å². The second kappa shape index (κ2) is 9.67. The first kappa shape index (κ1) is 25.6. The summed E-state index contributed by atoms with van der Waals surface area (Å²) in [6.45, 7) is 4.11. The van der Waals surface area contributed by atoms with E-state index in [1.54, 1.807) is 18.3 Å². The van der Waals surface area contributed by atoms with Crippen molar-refractivity contribution >= 4 is 36.0 Å². The Morgan fingerprint density at radius 1 is 1.33 bits per heavy atom. The van der Waals surface area contributed by atoms with Crippen LogP contribution in [0.3, 0.4) is 0 Å². The van der Waals surface area contributed by atoms with E-state index in [1.165, 1.54) is 16.9 Å². The quantitative estimate of drug-likeness (QED) is 0.409. The smallest absolute Gasteiger partial charge is 0.404 e. The van der Waals surface area contributed by atoms with Gasteiger partial charge >= 0.3 is 7.82 Å². The molecular weight excluding hydrogens is 499 g/mol. The minimum atomic E-state index is -4.60. The maximum absolute atomic E-state index is 13.2. The molecule has 0 bridgehead atoms. The van der Waals surface area contributed by atoms with Gasteiger partial charge in [0.25, 0.3) is 0 Å². The van der Waals surface area contributed by atoms with E-state index in [4.69, 9.17) is 14.3 Å². The Bertz CT molecular complexity index is 1220. The normalized spacial score (nSPS) is 29.3. The van der Waals surface area contributed by atoms with Crippen molar-refractivity contribution in [2.45, 2.75) is 71.1 Å². The van der Waals surface area contributed by atoms with Gasteiger partial charge in [-0.15, -0.1) is 11.3 Å². The predicted octanol–water partition coefficient (Wildman–Crippen LogP) is 5.38. The number of rotatable bonds is 7. The second-order valence-electron chi connectivity index (χ2n) is 10.8. The van der Waals surface area contributed by atoms with E-state index in [-0.39, 0.29) is 23.0 Å². The van der Waals surface area contributed by atoms with Gasteiger partial charge < -0.3 is 9.84 Å². The number of benzene rings is 1. The number of aryl methyl sites for hydroxylation is 2. The number of anilines is 1. The summed E-state index contributed by atoms with van der Waals surface area (Å²) in [5.74, 6) is 1.85. The lowest BCUT2D eigenvalue weighted by atomic mass is 9.54. The summed E-state index contributed by atoms with van der Waals surface area (Å²) in [7, 11) is -4.60. The molecule has 2 aromatic rings. The average molecular weight is 533 g/mol. The van der Waals surface area contributed by atoms with Crippen LogP contribution in [0.25, 0.3) is 0 Å². The number of amides is 1. The van der Waals surface area contributed by atoms with Gasteiger partial charge in [0.05, 0.1) is 0 Å². The van der Waals surface area contributed by atoms with Crippen LogP contribution in [0.15, 0.2) is 24.4 Å². The summed E-state index contributed by atoms with van der Waals surface area (Å²) in [4.78, 5) is 49.2. The van der Waals surface area contributed by atoms with Crippen LogP contribution in [-0.4, -0.2) is 26.5 Å². The Kier molecular flexibility index (Phi) is 6.87. The Balaban J connectivity index is 1.28. The van der Waals surface area contributed by atoms with Crippen LogP contribution in [-0.2, 0) is 20.6 Å². The maximum atomic E-state index is 13.2. The highest BCUT2D eigenvalue weighted by molar-refractivity contribution is 7.46. The topological polar surface area (TPSA) is 126 Å². The van der Waals surface area contributed by atoms with Gasteiger partial charge in [0.1, 0.15) is 11.5 Å². The van der Waals surface area contributed by atoms with Crippen molar-refractivity contribution in [3.05, 3.63) is 40.4 Å². The molecule has 1 aromatic carbocycles. The lowest BCUT2D eigenvalue weighted by Gasteiger charge is -2.50. The number of hydrogen-bond donors (Lipinski definition) is 3. The standard InChI is InChI=1S/C26H33N2O6PS/c1-15-14-27-25(36-15)28-23(30)5-3-4-17-13-22(29)26(2)11-10-20-19-9-7-18(34-35(31,32)33)12-16(19)6-8-21(20)24(17)26/h7,9,12,14,17,20-21,24H,3-6,8,10-11,13H2,1-2H3,(H,27,28,30)(H2,31,32,33)/t17-,20?,21?,24?,26-/m1/s1. The summed E-state index contributed by atoms with van der Waals surface area (Å²) in [5.41, 5.74) is 2.01. The van der Waals surface area contributed by atoms with Gasteiger partial charge in [-0.25, -0.2) is 9.55 Å². The van der Waals surface area contributed by atoms with Crippen molar-refractivity contribution in [3.8, 4) is 5.75 Å². The van der Waals surface area contributed by atoms with E-state index in [1.807, 2.05) is 13.0 Å². The van der Waals surface area contributed by atoms with Gasteiger partial charge in [-0.05, 0) is 92.4 Å². The fourth-order valence-electron chi connectivity index (χ4n) is 7.20. The Labute approximate surface area is 215 Å². The number of nitrogens with one attached hydrogen (secondary N) is 1. The number of phosphoric ester groups is 1. The summed E-state index contributed by atoms with van der Waals surface area (Å²) in [6.07, 6.45) is 7.93. The van der Waals surface area contributed by atoms with Crippen molar-refractivity contribution < 1.29 is 28.5 Å². The van der Waals surface area contributed by atoms with Crippen molar-refractivity contribution in [1.29, 1.82) is 0 Å². The molecule has 194 valence electrons. The number of thiazole rings is 1. The summed E-state index contributed by atoms with van der Waals surface area (Å²) in [5, 5.41) is 3.51. The monoisotopic (exact) mass is 532 g/mol. The summed E-state index contributed by atoms with van der Waals surface area (Å²) >= 11 is 1.47. The second-order valence-corrected chi connectivity index (χ2v) is 13.2. The minimum absolute atomic E-state index is 0.0297. The Hall–Kier alpha value is -2.06. The number of Topliss-reactive ketones (excluding diaryl/α,β-unsaturated/α-hetero) is 1. The molecule has 0 spiro atoms. The molecule has 1 heterocycles. The number of phosphoric acid groups is 1. The Morgan fingerprint density at radius 3 is 2.86 bits per heavy atom. The van der Waals surface area contributed by atoms with Gasteiger partial charge in [-0.2, -0.15) is 0 Å². The maximum Gasteiger partial charge on any atom is 0.524 e. The van der Waals surface area contributed by atoms with Gasteiger partial charge in [-0.1, -0.05) is 13.0 Å². The largest absolute Gasteiger partial charge is 0.524 e. The van der Waals surface area contributed by atoms with E-state index in [0.29, 0.717) is 41.5 Å². The molecule has 1 aromatic heterocycles. The molecule has 0 aliphatic heterocycles. The first-order valence-corrected chi connectivity index (χ1v) is 15.0. The van der Waals surface area contributed by atoms with Crippen LogP contribution in [0.4, 0.5) is 5.13 Å². The molecule has 5 rings (SSSR count). The molecule has 3 aliphatic rings. The highest BCUT2D eigenvalue weighted by Gasteiger charge is 2.58. The number of nitrogens with zero attached hydrogens (tertiary/aromatic N) is 1. The van der Waals surface area contributed by atoms with Crippen LogP contribution in [0.2, 0.25) is 0 Å². The van der Waals surface area contributed by atoms with E-state index in [9.17, 15) is 14.2 Å². The van der Waals surface area contributed by atoms with Crippen LogP contribution in [0, 0.1) is 30.1 Å². The van der Waals surface area contributed by atoms with Crippen LogP contribution in [0.1, 0.15) is 73.8 Å². The molecule has 3 N–H and O–H groups in total. The average Bonchev–Trinajstić information content (AvgIpc) is 3.31. The first-order chi connectivity index (χ1) is 17.0. The van der Waals surface area contributed by atoms with E-state index in [0.717, 1.165) is 49.0 Å². The molecule has 3 aliphatic carbocycles. The molecule has 2 saturated carbocycles. The molecular formula is C26H33N2O6PS. The Morgan fingerprint density at radius 2 is 2.14 bits per heavy atom. The fourth-order valence-corrected chi connectivity index (χ4v) is 8.27. The number of fused-ring (bicyclic) bond motifs is 5. The van der Waals surface area contributed by atoms with E-state index in [2.05, 4.69) is 17.2 Å². The number of carbonyl (C=O) groups is 2. The molecule has 5 atom stereocenters. The number of aromatic nitrogens is 1. The fraction of sp³-hybridized carbons (Fsp3) is 0.577. The highest BCUT2D eigenvalue weighted by atomic mass is 32.1. The molecule has 10 heteroatoms. The number of ketones is 1. The molecule has 2 fully saturated rings. The summed E-state index contributed by atoms with van der Waals surface area (Å²) < 4.78 is 16.1. The van der Waals surface area contributed by atoms with Gasteiger partial charge in [0, 0.05) is 29.3 Å². The molecule has 0 saturated heterocycles. The molecule has 36 heavy (non-hydrogen) atoms. The third-order valence-electron chi connectivity index (χ3n) is 8.61. The zero-order chi connectivity index (χ0) is 25.7. The van der Waals surface area contributed by atoms with Gasteiger partial charge in [0.15, 0.2) is 5.13 Å². The lowest BCUT2D eigenvalue weighted by Crippen LogP contribution is -2.44.